The van der Waals surface area contributed by atoms with Crippen LogP contribution in [-0.2, 0) is 9.68 Å². The van der Waals surface area contributed by atoms with Crippen molar-refractivity contribution in [3.05, 3.63) is 73.6 Å². The van der Waals surface area contributed by atoms with Gasteiger partial charge in [0.05, 0.1) is 15.9 Å². The molecule has 0 bridgehead atoms. The van der Waals surface area contributed by atoms with Crippen LogP contribution in [0.2, 0.25) is 0 Å². The number of rotatable bonds is 6. The van der Waals surface area contributed by atoms with E-state index in [4.69, 9.17) is 26.8 Å². The Hall–Kier alpha value is -2.02. The first-order chi connectivity index (χ1) is 23.9. The fourth-order valence-electron chi connectivity index (χ4n) is 6.08. The van der Waals surface area contributed by atoms with Crippen LogP contribution >= 0.6 is 0 Å². The number of nitro benzene ring substituents is 2. The van der Waals surface area contributed by atoms with Crippen LogP contribution in [0.3, 0.4) is 0 Å². The van der Waals surface area contributed by atoms with E-state index in [1.54, 1.807) is 18.2 Å². The van der Waals surface area contributed by atoms with Crippen LogP contribution < -0.4 is 130 Å². The molecule has 0 unspecified atom stereocenters. The van der Waals surface area contributed by atoms with E-state index in [1.165, 1.54) is 64.9 Å². The Morgan fingerprint density at radius 2 is 1.44 bits per heavy atom. The molecule has 52 heavy (non-hydrogen) atoms. The van der Waals surface area contributed by atoms with Crippen molar-refractivity contribution in [2.75, 3.05) is 57.3 Å². The van der Waals surface area contributed by atoms with E-state index in [-0.39, 0.29) is 122 Å². The number of amides is 2. The summed E-state index contributed by atoms with van der Waals surface area (Å²) >= 11 is 0. The summed E-state index contributed by atoms with van der Waals surface area (Å²) in [6.45, 7) is 10.2. The van der Waals surface area contributed by atoms with Gasteiger partial charge in [-0.15, -0.1) is 0 Å². The second-order valence-corrected chi connectivity index (χ2v) is 11.3. The molecule has 18 nitrogen and oxygen atoms in total. The van der Waals surface area contributed by atoms with Gasteiger partial charge in [0, 0.05) is 76.1 Å². The van der Waals surface area contributed by atoms with Gasteiger partial charge in [-0.3, -0.25) is 44.4 Å². The third-order valence-corrected chi connectivity index (χ3v) is 8.31. The van der Waals surface area contributed by atoms with Gasteiger partial charge >= 0.3 is 103 Å². The second kappa shape index (κ2) is 26.7. The summed E-state index contributed by atoms with van der Waals surface area (Å²) in [6, 6.07) is 10.3. The maximum absolute atomic E-state index is 12.5. The minimum Gasteiger partial charge on any atom is -1.00 e. The van der Waals surface area contributed by atoms with Gasteiger partial charge in [0.2, 0.25) is 0 Å². The number of anilines is 1. The molecule has 0 aliphatic carbocycles. The van der Waals surface area contributed by atoms with Crippen molar-refractivity contribution in [1.29, 1.82) is 5.26 Å². The van der Waals surface area contributed by atoms with Gasteiger partial charge in [-0.2, -0.15) is 5.26 Å². The van der Waals surface area contributed by atoms with E-state index in [1.807, 2.05) is 0 Å². The van der Waals surface area contributed by atoms with Gasteiger partial charge in [-0.05, 0) is 63.0 Å². The second-order valence-electron chi connectivity index (χ2n) is 11.3. The monoisotopic (exact) mass is 781 g/mol. The predicted octanol–water partition coefficient (Wildman–Crippen LogP) is -5.05. The first-order valence-electron chi connectivity index (χ1n) is 15.7. The van der Waals surface area contributed by atoms with Crippen molar-refractivity contribution >= 4 is 35.3 Å². The molecule has 0 spiro atoms. The van der Waals surface area contributed by atoms with Crippen molar-refractivity contribution in [3.8, 4) is 6.07 Å². The molecule has 4 saturated heterocycles. The van der Waals surface area contributed by atoms with Crippen molar-refractivity contribution in [3.63, 3.8) is 0 Å². The molecule has 0 saturated carbocycles. The molecule has 2 aromatic carbocycles. The van der Waals surface area contributed by atoms with Crippen LogP contribution in [0.15, 0.2) is 36.4 Å². The summed E-state index contributed by atoms with van der Waals surface area (Å²) in [5.74, 6) is -2.52. The maximum atomic E-state index is 12.5. The van der Waals surface area contributed by atoms with E-state index < -0.39 is 38.7 Å². The van der Waals surface area contributed by atoms with Crippen molar-refractivity contribution < 1.29 is 143 Å². The maximum Gasteiger partial charge on any atom is 1.00 e. The topological polar surface area (TPSA) is 267 Å². The molecule has 2 atom stereocenters. The standard InChI is InChI=1S/C14H18N4O3.C7H5FN2O3.C7H14N2.C2H3N.CH2O3.2K.H/c15-14(19)12-8-10(3-4-13(12)18(20)21)17-7-6-16-5-1-2-11(16)9-17;8-4-1-2-6(10(12)13)5(3-4)7(9)11;1-2-7-6-8-3-5-9(7)4-1;1-2-3;2-1-4-3;;;/h3-4,8,11H,1-2,5-7,9H2,(H2,15,19);1-3H,(H2,9,11);7-8H,1-6H2;1H3;1,3H;;;/q;;;;;2*+1;-1/p-1/t11-;;7-;;;;;/m1.1...../s1. The molecule has 2 amide bonds. The number of carbonyl (C=O) groups excluding carboxylic acids is 3. The van der Waals surface area contributed by atoms with Crippen molar-refractivity contribution in [1.82, 2.24) is 15.1 Å². The van der Waals surface area contributed by atoms with Gasteiger partial charge in [0.15, 0.2) is 0 Å². The molecule has 4 aliphatic heterocycles. The van der Waals surface area contributed by atoms with E-state index >= 15 is 0 Å². The van der Waals surface area contributed by atoms with Gasteiger partial charge in [0.1, 0.15) is 16.9 Å². The number of nitrogens with one attached hydrogen (secondary N) is 1. The SMILES string of the molecule is C1C[C@@H]2CNCCN2C1.CC#N.NC(=O)c1cc(F)ccc1[N+](=O)[O-].NC(=O)c1cc(N2CCN3CCC[C@@H]3C2)ccc1[N+](=O)[O-].O=CO[O-].[H-].[K+].[K+]. The number of hydrogen-bond donors (Lipinski definition) is 3. The molecule has 4 fully saturated rings. The number of benzene rings is 2. The number of halogens is 1. The molecule has 0 radical (unpaired) electrons. The van der Waals surface area contributed by atoms with Gasteiger partial charge in [-0.1, -0.05) is 0 Å². The molecule has 5 N–H and O–H groups in total. The zero-order valence-electron chi connectivity index (χ0n) is 30.6. The van der Waals surface area contributed by atoms with E-state index in [0.29, 0.717) is 6.04 Å². The molecule has 4 aliphatic rings. The quantitative estimate of drug-likeness (QED) is 0.0815. The molecule has 6 rings (SSSR count). The van der Waals surface area contributed by atoms with Crippen LogP contribution in [0.5, 0.6) is 0 Å². The largest absolute Gasteiger partial charge is 1.00 e. The number of fused-ring (bicyclic) bond motifs is 2. The Morgan fingerprint density at radius 3 is 1.94 bits per heavy atom. The molecule has 21 heteroatoms. The first kappa shape index (κ1) is 50.0. The van der Waals surface area contributed by atoms with Gasteiger partial charge in [0.25, 0.3) is 29.7 Å². The average Bonchev–Trinajstić information content (AvgIpc) is 3.78. The Morgan fingerprint density at radius 1 is 0.942 bits per heavy atom. The normalized spacial score (nSPS) is 18.2. The third-order valence-electron chi connectivity index (χ3n) is 8.31. The molecule has 0 aromatic heterocycles. The summed E-state index contributed by atoms with van der Waals surface area (Å²) in [5.41, 5.74) is 9.74. The zero-order chi connectivity index (χ0) is 37.2. The molecular weight excluding hydrogens is 740 g/mol. The molecular formula is C31H42FK2N9O9. The van der Waals surface area contributed by atoms with E-state index in [0.717, 1.165) is 56.1 Å². The van der Waals surface area contributed by atoms with Crippen LogP contribution in [0.4, 0.5) is 21.5 Å². The first-order valence-corrected chi connectivity index (χ1v) is 15.7. The summed E-state index contributed by atoms with van der Waals surface area (Å²) in [7, 11) is 0. The molecule has 274 valence electrons. The summed E-state index contributed by atoms with van der Waals surface area (Å²) in [6.07, 6.45) is 5.26. The Balaban J connectivity index is 0. The van der Waals surface area contributed by atoms with E-state index in [9.17, 15) is 34.2 Å². The number of carbonyl (C=O) groups is 3. The number of nitriles is 1. The molecule has 4 heterocycles. The van der Waals surface area contributed by atoms with Gasteiger partial charge in [-0.25, -0.2) is 4.39 Å². The fraction of sp³-hybridized carbons (Fsp3) is 0.484. The minimum absolute atomic E-state index is 0. The Labute approximate surface area is 386 Å². The van der Waals surface area contributed by atoms with Crippen LogP contribution in [-0.4, -0.2) is 102 Å². The average molecular weight is 782 g/mol. The number of nitro groups is 2. The molecule has 2 aromatic rings. The Bertz CT molecular complexity index is 1530. The van der Waals surface area contributed by atoms with Crippen LogP contribution in [0.25, 0.3) is 0 Å². The summed E-state index contributed by atoms with van der Waals surface area (Å²) in [4.78, 5) is 60.5. The fourth-order valence-corrected chi connectivity index (χ4v) is 6.08. The van der Waals surface area contributed by atoms with Crippen LogP contribution in [0, 0.1) is 37.4 Å². The summed E-state index contributed by atoms with van der Waals surface area (Å²) < 4.78 is 12.5. The van der Waals surface area contributed by atoms with Crippen molar-refractivity contribution in [2.45, 2.75) is 44.7 Å². The Kier molecular flexibility index (Phi) is 25.7. The smallest absolute Gasteiger partial charge is 1.00 e. The van der Waals surface area contributed by atoms with Crippen LogP contribution in [0.1, 0.15) is 54.7 Å². The zero-order valence-corrected chi connectivity index (χ0v) is 35.8. The number of hydrogen-bond acceptors (Lipinski definition) is 14. The summed E-state index contributed by atoms with van der Waals surface area (Å²) in [5, 5.41) is 40.4. The number of nitrogens with two attached hydrogens (primary N) is 2. The number of piperazine rings is 2. The third kappa shape index (κ3) is 16.2. The van der Waals surface area contributed by atoms with Gasteiger partial charge < -0.3 is 33.3 Å². The number of nitrogens with zero attached hydrogens (tertiary/aromatic N) is 6. The van der Waals surface area contributed by atoms with Crippen molar-refractivity contribution in [2.24, 2.45) is 11.5 Å². The van der Waals surface area contributed by atoms with E-state index in [2.05, 4.69) is 24.9 Å². The number of primary amides is 2. The predicted molar refractivity (Wildman–Crippen MR) is 177 cm³/mol. The minimum atomic E-state index is -1.02.